The Labute approximate surface area is 150 Å². The highest BCUT2D eigenvalue weighted by Crippen LogP contribution is 2.34. The standard InChI is InChI=1S/C19H29N3OS/c1-18(2,3)24-21-17(16-8-6-7-11-20-16)10-9-15-12-19(4,5)22(13-15)14-23/h6-8,11,14-15H,9-10,12-13H2,1-5H3/b21-17+/t15-/m0/s1. The third-order valence-corrected chi connectivity index (χ3v) is 5.19. The minimum atomic E-state index is -0.0329. The number of pyridine rings is 1. The van der Waals surface area contributed by atoms with Gasteiger partial charge in [-0.2, -0.15) is 0 Å². The van der Waals surface area contributed by atoms with E-state index in [2.05, 4.69) is 39.6 Å². The molecule has 1 saturated heterocycles. The van der Waals surface area contributed by atoms with E-state index in [0.717, 1.165) is 43.6 Å². The molecule has 24 heavy (non-hydrogen) atoms. The van der Waals surface area contributed by atoms with E-state index < -0.39 is 0 Å². The van der Waals surface area contributed by atoms with Gasteiger partial charge in [0.25, 0.3) is 0 Å². The van der Waals surface area contributed by atoms with E-state index in [-0.39, 0.29) is 10.3 Å². The summed E-state index contributed by atoms with van der Waals surface area (Å²) >= 11 is 1.61. The number of hydrogen-bond donors (Lipinski definition) is 0. The molecule has 1 fully saturated rings. The van der Waals surface area contributed by atoms with Crippen LogP contribution in [0.15, 0.2) is 28.8 Å². The van der Waals surface area contributed by atoms with E-state index in [4.69, 9.17) is 4.40 Å². The largest absolute Gasteiger partial charge is 0.340 e. The minimum Gasteiger partial charge on any atom is -0.340 e. The Kier molecular flexibility index (Phi) is 6.07. The Balaban J connectivity index is 2.06. The first-order chi connectivity index (χ1) is 11.2. The van der Waals surface area contributed by atoms with Gasteiger partial charge in [-0.15, -0.1) is 0 Å². The summed E-state index contributed by atoms with van der Waals surface area (Å²) in [7, 11) is 0. The second kappa shape index (κ2) is 7.68. The maximum Gasteiger partial charge on any atom is 0.210 e. The van der Waals surface area contributed by atoms with Crippen LogP contribution >= 0.6 is 11.9 Å². The lowest BCUT2D eigenvalue weighted by Crippen LogP contribution is -2.36. The molecule has 2 rings (SSSR count). The van der Waals surface area contributed by atoms with E-state index in [0.29, 0.717) is 5.92 Å². The molecule has 5 heteroatoms. The molecule has 1 aliphatic heterocycles. The van der Waals surface area contributed by atoms with Gasteiger partial charge in [-0.05, 0) is 83.9 Å². The summed E-state index contributed by atoms with van der Waals surface area (Å²) in [5.41, 5.74) is 1.98. The fourth-order valence-electron chi connectivity index (χ4n) is 3.08. The van der Waals surface area contributed by atoms with Crippen LogP contribution < -0.4 is 0 Å². The third-order valence-electron chi connectivity index (χ3n) is 4.33. The van der Waals surface area contributed by atoms with Crippen LogP contribution in [-0.4, -0.2) is 38.8 Å². The Morgan fingerprint density at radius 1 is 1.46 bits per heavy atom. The van der Waals surface area contributed by atoms with Crippen molar-refractivity contribution in [2.45, 2.75) is 64.2 Å². The second-order valence-electron chi connectivity index (χ2n) is 8.14. The number of nitrogens with zero attached hydrogens (tertiary/aromatic N) is 3. The van der Waals surface area contributed by atoms with Crippen molar-refractivity contribution in [1.29, 1.82) is 0 Å². The molecule has 1 aromatic rings. The van der Waals surface area contributed by atoms with Gasteiger partial charge in [0.05, 0.1) is 11.4 Å². The normalized spacial score (nSPS) is 21.1. The number of rotatable bonds is 6. The number of carbonyl (C=O) groups is 1. The van der Waals surface area contributed by atoms with Crippen molar-refractivity contribution in [3.8, 4) is 0 Å². The average Bonchev–Trinajstić information content (AvgIpc) is 2.81. The maximum atomic E-state index is 11.2. The van der Waals surface area contributed by atoms with E-state index >= 15 is 0 Å². The van der Waals surface area contributed by atoms with Gasteiger partial charge in [0.15, 0.2) is 0 Å². The molecular weight excluding hydrogens is 318 g/mol. The lowest BCUT2D eigenvalue weighted by molar-refractivity contribution is -0.120. The molecule has 0 saturated carbocycles. The molecule has 0 N–H and O–H groups in total. The molecule has 1 aromatic heterocycles. The number of aromatic nitrogens is 1. The molecule has 0 bridgehead atoms. The predicted molar refractivity (Wildman–Crippen MR) is 102 cm³/mol. The van der Waals surface area contributed by atoms with Crippen molar-refractivity contribution < 1.29 is 4.79 Å². The minimum absolute atomic E-state index is 0.0329. The van der Waals surface area contributed by atoms with Gasteiger partial charge in [-0.3, -0.25) is 9.78 Å². The molecule has 1 amide bonds. The van der Waals surface area contributed by atoms with Crippen molar-refractivity contribution in [2.24, 2.45) is 10.3 Å². The molecule has 132 valence electrons. The topological polar surface area (TPSA) is 45.6 Å². The quantitative estimate of drug-likeness (QED) is 0.436. The lowest BCUT2D eigenvalue weighted by atomic mass is 9.92. The first-order valence-electron chi connectivity index (χ1n) is 8.60. The fourth-order valence-corrected chi connectivity index (χ4v) is 3.65. The van der Waals surface area contributed by atoms with Gasteiger partial charge < -0.3 is 4.90 Å². The van der Waals surface area contributed by atoms with Crippen LogP contribution in [-0.2, 0) is 4.79 Å². The van der Waals surface area contributed by atoms with E-state index in [9.17, 15) is 4.79 Å². The molecule has 0 aliphatic carbocycles. The van der Waals surface area contributed by atoms with Crippen LogP contribution in [0.4, 0.5) is 0 Å². The van der Waals surface area contributed by atoms with Crippen LogP contribution in [0.2, 0.25) is 0 Å². The van der Waals surface area contributed by atoms with Crippen molar-refractivity contribution in [3.63, 3.8) is 0 Å². The number of likely N-dealkylation sites (tertiary alicyclic amines) is 1. The second-order valence-corrected chi connectivity index (χ2v) is 9.73. The molecule has 0 unspecified atom stereocenters. The third kappa shape index (κ3) is 5.33. The molecule has 0 radical (unpaired) electrons. The van der Waals surface area contributed by atoms with Crippen molar-refractivity contribution in [1.82, 2.24) is 9.88 Å². The lowest BCUT2D eigenvalue weighted by Gasteiger charge is -2.27. The smallest absolute Gasteiger partial charge is 0.210 e. The van der Waals surface area contributed by atoms with Gasteiger partial charge in [-0.25, -0.2) is 4.40 Å². The maximum absolute atomic E-state index is 11.2. The zero-order valence-electron chi connectivity index (χ0n) is 15.5. The molecule has 4 nitrogen and oxygen atoms in total. The number of hydrogen-bond acceptors (Lipinski definition) is 4. The highest BCUT2D eigenvalue weighted by molar-refractivity contribution is 7.99. The molecular formula is C19H29N3OS. The summed E-state index contributed by atoms with van der Waals surface area (Å²) in [6, 6.07) is 5.96. The van der Waals surface area contributed by atoms with Gasteiger partial charge >= 0.3 is 0 Å². The van der Waals surface area contributed by atoms with Gasteiger partial charge in [0, 0.05) is 23.0 Å². The van der Waals surface area contributed by atoms with Crippen LogP contribution in [0.5, 0.6) is 0 Å². The zero-order chi connectivity index (χ0) is 17.8. The van der Waals surface area contributed by atoms with Crippen LogP contribution in [0.3, 0.4) is 0 Å². The monoisotopic (exact) mass is 347 g/mol. The SMILES string of the molecule is CC(C)(C)S/N=C(\CC[C@@H]1CN(C=O)C(C)(C)C1)c1ccccn1. The van der Waals surface area contributed by atoms with Crippen LogP contribution in [0.25, 0.3) is 0 Å². The molecule has 2 heterocycles. The Hall–Kier alpha value is -1.36. The van der Waals surface area contributed by atoms with E-state index in [1.165, 1.54) is 0 Å². The Morgan fingerprint density at radius 3 is 2.75 bits per heavy atom. The van der Waals surface area contributed by atoms with Crippen molar-refractivity contribution in [3.05, 3.63) is 30.1 Å². The van der Waals surface area contributed by atoms with Gasteiger partial charge in [0.2, 0.25) is 6.41 Å². The average molecular weight is 348 g/mol. The summed E-state index contributed by atoms with van der Waals surface area (Å²) in [5, 5.41) is 0. The summed E-state index contributed by atoms with van der Waals surface area (Å²) < 4.78 is 4.88. The number of carbonyl (C=O) groups excluding carboxylic acids is 1. The van der Waals surface area contributed by atoms with Crippen LogP contribution in [0.1, 0.15) is 59.6 Å². The Morgan fingerprint density at radius 2 is 2.21 bits per heavy atom. The summed E-state index contributed by atoms with van der Waals surface area (Å²) in [5.74, 6) is 0.527. The Bertz CT molecular complexity index is 578. The van der Waals surface area contributed by atoms with E-state index in [1.54, 1.807) is 11.9 Å². The van der Waals surface area contributed by atoms with Crippen molar-refractivity contribution >= 4 is 24.1 Å². The van der Waals surface area contributed by atoms with Gasteiger partial charge in [-0.1, -0.05) is 6.07 Å². The van der Waals surface area contributed by atoms with Gasteiger partial charge in [0.1, 0.15) is 0 Å². The number of amides is 1. The first kappa shape index (κ1) is 19.0. The summed E-state index contributed by atoms with van der Waals surface area (Å²) in [6.07, 6.45) is 5.79. The molecule has 1 atom stereocenters. The molecule has 0 aromatic carbocycles. The highest BCUT2D eigenvalue weighted by atomic mass is 32.2. The van der Waals surface area contributed by atoms with Crippen LogP contribution in [0, 0.1) is 5.92 Å². The summed E-state index contributed by atoms with van der Waals surface area (Å²) in [4.78, 5) is 17.6. The van der Waals surface area contributed by atoms with E-state index in [1.807, 2.05) is 29.3 Å². The summed E-state index contributed by atoms with van der Waals surface area (Å²) in [6.45, 7) is 11.6. The predicted octanol–water partition coefficient (Wildman–Crippen LogP) is 4.35. The molecule has 1 aliphatic rings. The zero-order valence-corrected chi connectivity index (χ0v) is 16.3. The first-order valence-corrected chi connectivity index (χ1v) is 9.37. The highest BCUT2D eigenvalue weighted by Gasteiger charge is 2.37. The fraction of sp³-hybridized carbons (Fsp3) is 0.632. The molecule has 0 spiro atoms. The van der Waals surface area contributed by atoms with Crippen molar-refractivity contribution in [2.75, 3.05) is 6.54 Å².